The molecule has 0 saturated carbocycles. The van der Waals surface area contributed by atoms with Crippen molar-refractivity contribution >= 4 is 11.9 Å². The van der Waals surface area contributed by atoms with Crippen LogP contribution in [0.4, 0.5) is 0 Å². The van der Waals surface area contributed by atoms with Crippen LogP contribution in [0, 0.1) is 5.92 Å². The van der Waals surface area contributed by atoms with Gasteiger partial charge >= 0.3 is 5.97 Å². The van der Waals surface area contributed by atoms with Crippen LogP contribution in [0.3, 0.4) is 0 Å². The first-order valence-corrected chi connectivity index (χ1v) is 5.44. The minimum absolute atomic E-state index is 0.199. The third-order valence-electron chi connectivity index (χ3n) is 2.23. The molecule has 2 N–H and O–H groups in total. The summed E-state index contributed by atoms with van der Waals surface area (Å²) in [5.74, 6) is -1.23. The molecule has 0 saturated heterocycles. The number of carbonyl (C=O) groups is 2. The van der Waals surface area contributed by atoms with E-state index in [0.29, 0.717) is 12.0 Å². The highest BCUT2D eigenvalue weighted by Crippen LogP contribution is 2.06. The number of nitrogens with zero attached hydrogens (tertiary/aromatic N) is 1. The summed E-state index contributed by atoms with van der Waals surface area (Å²) in [5.41, 5.74) is 0.363. The van der Waals surface area contributed by atoms with Crippen LogP contribution in [0.2, 0.25) is 0 Å². The van der Waals surface area contributed by atoms with Crippen LogP contribution in [-0.2, 0) is 4.79 Å². The van der Waals surface area contributed by atoms with E-state index >= 15 is 0 Å². The highest BCUT2D eigenvalue weighted by atomic mass is 16.4. The van der Waals surface area contributed by atoms with E-state index < -0.39 is 17.9 Å². The molecule has 1 unspecified atom stereocenters. The fourth-order valence-electron chi connectivity index (χ4n) is 1.43. The molecule has 17 heavy (non-hydrogen) atoms. The standard InChI is InChI=1S/C12H16N2O3/c1-8(2)6-10(12(16)17)14-11(15)9-4-3-5-13-7-9/h3-5,7-8,10H,6H2,1-2H3,(H,14,15)(H,16,17). The van der Waals surface area contributed by atoms with E-state index in [1.54, 1.807) is 18.3 Å². The molecule has 1 amide bonds. The topological polar surface area (TPSA) is 79.3 Å². The molecule has 5 nitrogen and oxygen atoms in total. The smallest absolute Gasteiger partial charge is 0.326 e. The number of aromatic nitrogens is 1. The van der Waals surface area contributed by atoms with Crippen molar-refractivity contribution in [3.63, 3.8) is 0 Å². The first-order chi connectivity index (χ1) is 8.00. The summed E-state index contributed by atoms with van der Waals surface area (Å²) in [5, 5.41) is 11.5. The third kappa shape index (κ3) is 4.22. The molecule has 0 fully saturated rings. The summed E-state index contributed by atoms with van der Waals surface area (Å²) < 4.78 is 0. The van der Waals surface area contributed by atoms with E-state index in [0.717, 1.165) is 0 Å². The number of amides is 1. The molecule has 92 valence electrons. The van der Waals surface area contributed by atoms with Gasteiger partial charge in [-0.25, -0.2) is 4.79 Å². The molecular formula is C12H16N2O3. The van der Waals surface area contributed by atoms with Gasteiger partial charge in [0, 0.05) is 12.4 Å². The fourth-order valence-corrected chi connectivity index (χ4v) is 1.43. The number of hydrogen-bond acceptors (Lipinski definition) is 3. The van der Waals surface area contributed by atoms with E-state index in [1.165, 1.54) is 6.20 Å². The van der Waals surface area contributed by atoms with Gasteiger partial charge in [-0.1, -0.05) is 13.8 Å². The lowest BCUT2D eigenvalue weighted by atomic mass is 10.0. The SMILES string of the molecule is CC(C)CC(NC(=O)c1cccnc1)C(=O)O. The Labute approximate surface area is 99.9 Å². The van der Waals surface area contributed by atoms with Crippen molar-refractivity contribution in [3.05, 3.63) is 30.1 Å². The minimum Gasteiger partial charge on any atom is -0.480 e. The summed E-state index contributed by atoms with van der Waals surface area (Å²) in [4.78, 5) is 26.5. The predicted octanol–water partition coefficient (Wildman–Crippen LogP) is 1.31. The minimum atomic E-state index is -1.02. The molecule has 0 bridgehead atoms. The maximum atomic E-state index is 11.7. The number of carboxylic acids is 1. The van der Waals surface area contributed by atoms with Crippen molar-refractivity contribution in [2.45, 2.75) is 26.3 Å². The lowest BCUT2D eigenvalue weighted by molar-refractivity contribution is -0.139. The van der Waals surface area contributed by atoms with Gasteiger partial charge in [0.2, 0.25) is 0 Å². The molecule has 1 rings (SSSR count). The van der Waals surface area contributed by atoms with Gasteiger partial charge in [-0.05, 0) is 24.5 Å². The van der Waals surface area contributed by atoms with E-state index in [-0.39, 0.29) is 5.92 Å². The highest BCUT2D eigenvalue weighted by Gasteiger charge is 2.21. The Morgan fingerprint density at radius 2 is 2.18 bits per heavy atom. The van der Waals surface area contributed by atoms with E-state index in [9.17, 15) is 9.59 Å². The Kier molecular flexibility index (Phi) is 4.63. The first-order valence-electron chi connectivity index (χ1n) is 5.44. The summed E-state index contributed by atoms with van der Waals surface area (Å²) >= 11 is 0. The van der Waals surface area contributed by atoms with E-state index in [4.69, 9.17) is 5.11 Å². The van der Waals surface area contributed by atoms with Gasteiger partial charge in [-0.15, -0.1) is 0 Å². The average Bonchev–Trinajstić information content (AvgIpc) is 2.28. The second-order valence-electron chi connectivity index (χ2n) is 4.24. The Bertz CT molecular complexity index is 390. The zero-order chi connectivity index (χ0) is 12.8. The predicted molar refractivity (Wildman–Crippen MR) is 62.6 cm³/mol. The number of pyridine rings is 1. The highest BCUT2D eigenvalue weighted by molar-refractivity contribution is 5.96. The molecule has 1 heterocycles. The Morgan fingerprint density at radius 3 is 2.65 bits per heavy atom. The molecule has 0 aliphatic carbocycles. The van der Waals surface area contributed by atoms with Crippen molar-refractivity contribution in [1.82, 2.24) is 10.3 Å². The maximum Gasteiger partial charge on any atom is 0.326 e. The van der Waals surface area contributed by atoms with Gasteiger partial charge in [-0.2, -0.15) is 0 Å². The summed E-state index contributed by atoms with van der Waals surface area (Å²) in [6.45, 7) is 3.82. The average molecular weight is 236 g/mol. The number of nitrogens with one attached hydrogen (secondary N) is 1. The summed E-state index contributed by atoms with van der Waals surface area (Å²) in [6, 6.07) is 2.37. The van der Waals surface area contributed by atoms with E-state index in [1.807, 2.05) is 13.8 Å². The van der Waals surface area contributed by atoms with Crippen molar-refractivity contribution in [1.29, 1.82) is 0 Å². The number of aliphatic carboxylic acids is 1. The van der Waals surface area contributed by atoms with Crippen LogP contribution in [-0.4, -0.2) is 28.0 Å². The van der Waals surface area contributed by atoms with E-state index in [2.05, 4.69) is 10.3 Å². The van der Waals surface area contributed by atoms with Crippen LogP contribution in [0.5, 0.6) is 0 Å². The molecular weight excluding hydrogens is 220 g/mol. The Morgan fingerprint density at radius 1 is 1.47 bits per heavy atom. The second-order valence-corrected chi connectivity index (χ2v) is 4.24. The van der Waals surface area contributed by atoms with Crippen molar-refractivity contribution in [3.8, 4) is 0 Å². The van der Waals surface area contributed by atoms with Gasteiger partial charge in [0.05, 0.1) is 5.56 Å². The largest absolute Gasteiger partial charge is 0.480 e. The van der Waals surface area contributed by atoms with Crippen LogP contribution in [0.1, 0.15) is 30.6 Å². The number of hydrogen-bond donors (Lipinski definition) is 2. The zero-order valence-corrected chi connectivity index (χ0v) is 9.88. The maximum absolute atomic E-state index is 11.7. The molecule has 0 spiro atoms. The lowest BCUT2D eigenvalue weighted by Gasteiger charge is -2.16. The molecule has 5 heteroatoms. The number of rotatable bonds is 5. The van der Waals surface area contributed by atoms with Crippen LogP contribution >= 0.6 is 0 Å². The molecule has 0 radical (unpaired) electrons. The normalized spacial score (nSPS) is 12.2. The lowest BCUT2D eigenvalue weighted by Crippen LogP contribution is -2.41. The van der Waals surface area contributed by atoms with Crippen molar-refractivity contribution < 1.29 is 14.7 Å². The molecule has 0 aliphatic rings. The van der Waals surface area contributed by atoms with Crippen molar-refractivity contribution in [2.24, 2.45) is 5.92 Å². The molecule has 0 aliphatic heterocycles. The third-order valence-corrected chi connectivity index (χ3v) is 2.23. The number of carbonyl (C=O) groups excluding carboxylic acids is 1. The monoisotopic (exact) mass is 236 g/mol. The Balaban J connectivity index is 2.68. The molecule has 0 aromatic carbocycles. The molecule has 1 aromatic rings. The van der Waals surface area contributed by atoms with Gasteiger partial charge < -0.3 is 10.4 Å². The Hall–Kier alpha value is -1.91. The van der Waals surface area contributed by atoms with Crippen LogP contribution < -0.4 is 5.32 Å². The molecule has 1 atom stereocenters. The van der Waals surface area contributed by atoms with Crippen molar-refractivity contribution in [2.75, 3.05) is 0 Å². The van der Waals surface area contributed by atoms with Crippen LogP contribution in [0.25, 0.3) is 0 Å². The van der Waals surface area contributed by atoms with Gasteiger partial charge in [0.25, 0.3) is 5.91 Å². The van der Waals surface area contributed by atoms with Gasteiger partial charge in [-0.3, -0.25) is 9.78 Å². The zero-order valence-electron chi connectivity index (χ0n) is 9.88. The van der Waals surface area contributed by atoms with Gasteiger partial charge in [0.1, 0.15) is 6.04 Å². The first kappa shape index (κ1) is 13.2. The van der Waals surface area contributed by atoms with Crippen LogP contribution in [0.15, 0.2) is 24.5 Å². The van der Waals surface area contributed by atoms with Gasteiger partial charge in [0.15, 0.2) is 0 Å². The quantitative estimate of drug-likeness (QED) is 0.807. The fraction of sp³-hybridized carbons (Fsp3) is 0.417. The summed E-state index contributed by atoms with van der Waals surface area (Å²) in [6.07, 6.45) is 3.37. The number of carboxylic acid groups (broad SMARTS) is 1. The molecule has 1 aromatic heterocycles. The second kappa shape index (κ2) is 5.98. The summed E-state index contributed by atoms with van der Waals surface area (Å²) in [7, 11) is 0.